The van der Waals surface area contributed by atoms with Gasteiger partial charge < -0.3 is 4.90 Å². The Morgan fingerprint density at radius 1 is 1.00 bits per heavy atom. The lowest BCUT2D eigenvalue weighted by molar-refractivity contribution is -0.140. The molecular weight excluding hydrogens is 391 g/mol. The largest absolute Gasteiger partial charge is 0.336 e. The van der Waals surface area contributed by atoms with Crippen LogP contribution < -0.4 is 0 Å². The Hall–Kier alpha value is -1.47. The Balaban J connectivity index is 1.48. The Bertz CT molecular complexity index is 830. The van der Waals surface area contributed by atoms with Gasteiger partial charge in [0, 0.05) is 25.2 Å². The maximum atomic E-state index is 13.5. The molecule has 1 aromatic carbocycles. The maximum absolute atomic E-state index is 13.5. The van der Waals surface area contributed by atoms with Crippen LogP contribution in [0, 0.1) is 17.7 Å². The van der Waals surface area contributed by atoms with Crippen molar-refractivity contribution in [3.8, 4) is 0 Å². The van der Waals surface area contributed by atoms with Crippen LogP contribution in [-0.4, -0.2) is 48.7 Å². The summed E-state index contributed by atoms with van der Waals surface area (Å²) in [6, 6.07) is 5.60. The summed E-state index contributed by atoms with van der Waals surface area (Å²) in [4.78, 5) is 15.7. The molecule has 2 aliphatic carbocycles. The summed E-state index contributed by atoms with van der Waals surface area (Å²) in [6.45, 7) is 2.91. The van der Waals surface area contributed by atoms with Crippen molar-refractivity contribution in [2.75, 3.05) is 13.1 Å². The number of halogens is 1. The fourth-order valence-corrected chi connectivity index (χ4v) is 6.38. The first-order chi connectivity index (χ1) is 13.9. The quantitative estimate of drug-likeness (QED) is 0.725. The Morgan fingerprint density at radius 2 is 1.59 bits per heavy atom. The number of hydrogen-bond acceptors (Lipinski definition) is 3. The van der Waals surface area contributed by atoms with Gasteiger partial charge in [0.2, 0.25) is 15.9 Å². The Morgan fingerprint density at radius 3 is 2.17 bits per heavy atom. The number of piperidine rings is 1. The van der Waals surface area contributed by atoms with Gasteiger partial charge in [0.1, 0.15) is 5.82 Å². The molecule has 1 heterocycles. The molecule has 1 saturated heterocycles. The number of nitrogens with zero attached hydrogens (tertiary/aromatic N) is 2. The molecule has 7 heteroatoms. The normalized spacial score (nSPS) is 28.8. The molecule has 5 nitrogen and oxygen atoms in total. The number of hydrogen-bond donors (Lipinski definition) is 0. The predicted molar refractivity (Wildman–Crippen MR) is 109 cm³/mol. The fourth-order valence-electron chi connectivity index (χ4n) is 4.86. The van der Waals surface area contributed by atoms with Crippen molar-refractivity contribution in [1.29, 1.82) is 0 Å². The average molecular weight is 423 g/mol. The van der Waals surface area contributed by atoms with Crippen molar-refractivity contribution in [1.82, 2.24) is 9.21 Å². The van der Waals surface area contributed by atoms with Crippen LogP contribution in [0.4, 0.5) is 4.39 Å². The van der Waals surface area contributed by atoms with Crippen molar-refractivity contribution in [3.05, 3.63) is 30.1 Å². The van der Waals surface area contributed by atoms with E-state index in [-0.39, 0.29) is 23.3 Å². The molecule has 0 aromatic heterocycles. The molecule has 1 atom stereocenters. The van der Waals surface area contributed by atoms with E-state index in [4.69, 9.17) is 0 Å². The summed E-state index contributed by atoms with van der Waals surface area (Å²) >= 11 is 0. The zero-order valence-electron chi connectivity index (χ0n) is 17.1. The molecule has 1 aromatic rings. The second-order valence-corrected chi connectivity index (χ2v) is 11.0. The van der Waals surface area contributed by atoms with Gasteiger partial charge in [-0.1, -0.05) is 6.92 Å². The summed E-state index contributed by atoms with van der Waals surface area (Å²) in [5.41, 5.74) is 0. The lowest BCUT2D eigenvalue weighted by Crippen LogP contribution is -2.51. The summed E-state index contributed by atoms with van der Waals surface area (Å²) < 4.78 is 40.6. The SMILES string of the molecule is CC1CCC(N(C(=O)C2CCCN(S(=O)(=O)c3ccc(F)cc3)C2)C2CC2)CC1. The Kier molecular flexibility index (Phi) is 5.98. The van der Waals surface area contributed by atoms with Crippen LogP contribution in [0.5, 0.6) is 0 Å². The number of carbonyl (C=O) groups excluding carboxylic acids is 1. The monoisotopic (exact) mass is 422 g/mol. The average Bonchev–Trinajstić information content (AvgIpc) is 3.55. The maximum Gasteiger partial charge on any atom is 0.243 e. The van der Waals surface area contributed by atoms with Crippen LogP contribution in [0.1, 0.15) is 58.3 Å². The minimum atomic E-state index is -3.71. The number of amides is 1. The Labute approximate surface area is 173 Å². The summed E-state index contributed by atoms with van der Waals surface area (Å²) in [5, 5.41) is 0. The highest BCUT2D eigenvalue weighted by Crippen LogP contribution is 2.37. The van der Waals surface area contributed by atoms with E-state index in [9.17, 15) is 17.6 Å². The highest BCUT2D eigenvalue weighted by atomic mass is 32.2. The van der Waals surface area contributed by atoms with Crippen LogP contribution in [-0.2, 0) is 14.8 Å². The van der Waals surface area contributed by atoms with Gasteiger partial charge in [-0.15, -0.1) is 0 Å². The van der Waals surface area contributed by atoms with E-state index in [0.29, 0.717) is 25.0 Å². The third-order valence-electron chi connectivity index (χ3n) is 6.76. The van der Waals surface area contributed by atoms with E-state index in [1.807, 2.05) is 0 Å². The van der Waals surface area contributed by atoms with Gasteiger partial charge in [-0.3, -0.25) is 4.79 Å². The van der Waals surface area contributed by atoms with Crippen LogP contribution in [0.15, 0.2) is 29.2 Å². The first kappa shape index (κ1) is 20.8. The van der Waals surface area contributed by atoms with Crippen LogP contribution >= 0.6 is 0 Å². The number of benzene rings is 1. The van der Waals surface area contributed by atoms with Gasteiger partial charge in [0.25, 0.3) is 0 Å². The first-order valence-corrected chi connectivity index (χ1v) is 12.4. The first-order valence-electron chi connectivity index (χ1n) is 10.9. The standard InChI is InChI=1S/C22H31FN2O3S/c1-16-4-8-19(9-5-16)25(20-10-11-20)22(26)17-3-2-14-24(15-17)29(27,28)21-12-6-18(23)7-13-21/h6-7,12-13,16-17,19-20H,2-5,8-11,14-15H2,1H3. The molecule has 1 amide bonds. The lowest BCUT2D eigenvalue weighted by atomic mass is 9.85. The van der Waals surface area contributed by atoms with Crippen LogP contribution in [0.3, 0.4) is 0 Å². The van der Waals surface area contributed by atoms with Gasteiger partial charge in [-0.05, 0) is 81.5 Å². The van der Waals surface area contributed by atoms with Gasteiger partial charge in [0.15, 0.2) is 0 Å². The smallest absolute Gasteiger partial charge is 0.243 e. The molecule has 1 unspecified atom stereocenters. The van der Waals surface area contributed by atoms with E-state index in [1.54, 1.807) is 0 Å². The second kappa shape index (κ2) is 8.34. The molecule has 1 aliphatic heterocycles. The minimum Gasteiger partial charge on any atom is -0.336 e. The lowest BCUT2D eigenvalue weighted by Gasteiger charge is -2.40. The molecule has 0 bridgehead atoms. The van der Waals surface area contributed by atoms with Crippen molar-refractivity contribution < 1.29 is 17.6 Å². The molecule has 29 heavy (non-hydrogen) atoms. The second-order valence-electron chi connectivity index (χ2n) is 9.05. The van der Waals surface area contributed by atoms with Crippen LogP contribution in [0.25, 0.3) is 0 Å². The molecule has 3 fully saturated rings. The highest BCUT2D eigenvalue weighted by molar-refractivity contribution is 7.89. The van der Waals surface area contributed by atoms with Gasteiger partial charge in [0.05, 0.1) is 10.8 Å². The molecule has 3 aliphatic rings. The van der Waals surface area contributed by atoms with Crippen LogP contribution in [0.2, 0.25) is 0 Å². The zero-order chi connectivity index (χ0) is 20.6. The molecular formula is C22H31FN2O3S. The topological polar surface area (TPSA) is 57.7 Å². The van der Waals surface area contributed by atoms with E-state index >= 15 is 0 Å². The predicted octanol–water partition coefficient (Wildman–Crippen LogP) is 3.80. The number of carbonyl (C=O) groups is 1. The molecule has 0 radical (unpaired) electrons. The summed E-state index contributed by atoms with van der Waals surface area (Å²) in [5.74, 6) is 0.135. The third-order valence-corrected chi connectivity index (χ3v) is 8.64. The molecule has 160 valence electrons. The highest BCUT2D eigenvalue weighted by Gasteiger charge is 2.42. The fraction of sp³-hybridized carbons (Fsp3) is 0.682. The van der Waals surface area contributed by atoms with E-state index in [0.717, 1.165) is 50.9 Å². The molecule has 4 rings (SSSR count). The minimum absolute atomic E-state index is 0.0901. The van der Waals surface area contributed by atoms with E-state index < -0.39 is 15.8 Å². The number of sulfonamides is 1. The van der Waals surface area contributed by atoms with Crippen molar-refractivity contribution in [2.45, 2.75) is 75.3 Å². The van der Waals surface area contributed by atoms with Gasteiger partial charge in [-0.25, -0.2) is 12.8 Å². The summed E-state index contributed by atoms with van der Waals surface area (Å²) in [6.07, 6.45) is 8.01. The summed E-state index contributed by atoms with van der Waals surface area (Å²) in [7, 11) is -3.71. The van der Waals surface area contributed by atoms with E-state index in [1.165, 1.54) is 28.6 Å². The van der Waals surface area contributed by atoms with Crippen molar-refractivity contribution in [2.24, 2.45) is 11.8 Å². The van der Waals surface area contributed by atoms with Crippen molar-refractivity contribution in [3.63, 3.8) is 0 Å². The van der Waals surface area contributed by atoms with Gasteiger partial charge in [-0.2, -0.15) is 4.31 Å². The van der Waals surface area contributed by atoms with E-state index in [2.05, 4.69) is 11.8 Å². The zero-order valence-corrected chi connectivity index (χ0v) is 17.9. The third kappa shape index (κ3) is 4.50. The van der Waals surface area contributed by atoms with Crippen molar-refractivity contribution >= 4 is 15.9 Å². The molecule has 0 spiro atoms. The number of rotatable bonds is 5. The molecule has 2 saturated carbocycles. The molecule has 0 N–H and O–H groups in total. The van der Waals surface area contributed by atoms with Gasteiger partial charge >= 0.3 is 0 Å².